The van der Waals surface area contributed by atoms with Gasteiger partial charge in [0, 0.05) is 24.3 Å². The van der Waals surface area contributed by atoms with Gasteiger partial charge in [0.05, 0.1) is 0 Å². The minimum absolute atomic E-state index is 0.139. The van der Waals surface area contributed by atoms with Crippen LogP contribution in [0.15, 0.2) is 18.2 Å². The Morgan fingerprint density at radius 1 is 1.33 bits per heavy atom. The molecule has 0 aromatic heterocycles. The van der Waals surface area contributed by atoms with Crippen molar-refractivity contribution < 1.29 is 4.39 Å². The zero-order valence-corrected chi connectivity index (χ0v) is 11.5. The Bertz CT molecular complexity index is 417. The predicted molar refractivity (Wildman–Crippen MR) is 74.2 cm³/mol. The number of benzene rings is 1. The maximum Gasteiger partial charge on any atom is 0.123 e. The molecule has 0 spiro atoms. The molecule has 2 rings (SSSR count). The van der Waals surface area contributed by atoms with Crippen LogP contribution >= 0.6 is 0 Å². The second-order valence-corrected chi connectivity index (χ2v) is 5.68. The molecule has 2 nitrogen and oxygen atoms in total. The van der Waals surface area contributed by atoms with Crippen LogP contribution in [0, 0.1) is 11.7 Å². The van der Waals surface area contributed by atoms with E-state index in [1.807, 2.05) is 13.0 Å². The molecule has 1 fully saturated rings. The Labute approximate surface area is 109 Å². The summed E-state index contributed by atoms with van der Waals surface area (Å²) in [6.45, 7) is 7.46. The van der Waals surface area contributed by atoms with Crippen LogP contribution in [0.4, 0.5) is 10.1 Å². The van der Waals surface area contributed by atoms with E-state index in [4.69, 9.17) is 5.73 Å². The molecule has 1 aliphatic rings. The lowest BCUT2D eigenvalue weighted by molar-refractivity contribution is 0.389. The second-order valence-electron chi connectivity index (χ2n) is 5.68. The van der Waals surface area contributed by atoms with Gasteiger partial charge in [-0.15, -0.1) is 0 Å². The molecule has 1 aromatic carbocycles. The molecule has 100 valence electrons. The highest BCUT2D eigenvalue weighted by Crippen LogP contribution is 2.32. The van der Waals surface area contributed by atoms with E-state index < -0.39 is 0 Å². The van der Waals surface area contributed by atoms with Crippen molar-refractivity contribution in [3.8, 4) is 0 Å². The van der Waals surface area contributed by atoms with Crippen molar-refractivity contribution in [1.82, 2.24) is 0 Å². The van der Waals surface area contributed by atoms with Crippen LogP contribution in [0.2, 0.25) is 0 Å². The van der Waals surface area contributed by atoms with E-state index in [9.17, 15) is 4.39 Å². The van der Waals surface area contributed by atoms with E-state index in [1.54, 1.807) is 6.07 Å². The van der Waals surface area contributed by atoms with Gasteiger partial charge < -0.3 is 10.6 Å². The summed E-state index contributed by atoms with van der Waals surface area (Å²) in [7, 11) is 0. The SMILES string of the molecule is CC1CCC(C)N(c2ccc(F)cc2C(C)N)C1. The highest BCUT2D eigenvalue weighted by atomic mass is 19.1. The van der Waals surface area contributed by atoms with Crippen LogP contribution in [0.25, 0.3) is 0 Å². The number of rotatable bonds is 2. The lowest BCUT2D eigenvalue weighted by atomic mass is 9.93. The van der Waals surface area contributed by atoms with Crippen LogP contribution in [-0.4, -0.2) is 12.6 Å². The fraction of sp³-hybridized carbons (Fsp3) is 0.600. The van der Waals surface area contributed by atoms with Crippen LogP contribution in [0.3, 0.4) is 0 Å². The van der Waals surface area contributed by atoms with Gasteiger partial charge in [0.1, 0.15) is 5.82 Å². The fourth-order valence-corrected chi connectivity index (χ4v) is 2.78. The molecule has 2 N–H and O–H groups in total. The largest absolute Gasteiger partial charge is 0.368 e. The lowest BCUT2D eigenvalue weighted by Gasteiger charge is -2.40. The molecule has 1 heterocycles. The molecule has 0 amide bonds. The van der Waals surface area contributed by atoms with Gasteiger partial charge in [0.25, 0.3) is 0 Å². The molecular formula is C15H23FN2. The summed E-state index contributed by atoms with van der Waals surface area (Å²) < 4.78 is 13.4. The third-order valence-corrected chi connectivity index (χ3v) is 3.91. The molecule has 0 radical (unpaired) electrons. The van der Waals surface area contributed by atoms with Crippen molar-refractivity contribution in [1.29, 1.82) is 0 Å². The predicted octanol–water partition coefficient (Wildman–Crippen LogP) is 3.47. The first-order valence-electron chi connectivity index (χ1n) is 6.80. The first-order chi connectivity index (χ1) is 8.49. The number of halogens is 1. The van der Waals surface area contributed by atoms with Gasteiger partial charge in [-0.1, -0.05) is 6.92 Å². The molecule has 0 aliphatic carbocycles. The van der Waals surface area contributed by atoms with Crippen LogP contribution in [0.1, 0.15) is 45.2 Å². The fourth-order valence-electron chi connectivity index (χ4n) is 2.78. The topological polar surface area (TPSA) is 29.3 Å². The van der Waals surface area contributed by atoms with Crippen molar-refractivity contribution in [2.75, 3.05) is 11.4 Å². The van der Waals surface area contributed by atoms with Crippen LogP contribution < -0.4 is 10.6 Å². The normalized spacial score (nSPS) is 26.2. The average Bonchev–Trinajstić information content (AvgIpc) is 2.32. The third-order valence-electron chi connectivity index (χ3n) is 3.91. The van der Waals surface area contributed by atoms with Crippen molar-refractivity contribution in [3.05, 3.63) is 29.6 Å². The average molecular weight is 250 g/mol. The van der Waals surface area contributed by atoms with E-state index in [0.29, 0.717) is 12.0 Å². The standard InChI is InChI=1S/C15H23FN2/c1-10-4-5-11(2)18(9-10)15-7-6-13(16)8-14(15)12(3)17/h6-8,10-12H,4-5,9,17H2,1-3H3. The summed E-state index contributed by atoms with van der Waals surface area (Å²) in [5.41, 5.74) is 7.99. The van der Waals surface area contributed by atoms with Gasteiger partial charge in [-0.25, -0.2) is 4.39 Å². The van der Waals surface area contributed by atoms with Crippen LogP contribution in [-0.2, 0) is 0 Å². The van der Waals surface area contributed by atoms with E-state index in [2.05, 4.69) is 18.7 Å². The molecular weight excluding hydrogens is 227 g/mol. The minimum atomic E-state index is -0.205. The highest BCUT2D eigenvalue weighted by Gasteiger charge is 2.25. The summed E-state index contributed by atoms with van der Waals surface area (Å²) in [6, 6.07) is 5.35. The minimum Gasteiger partial charge on any atom is -0.368 e. The smallest absolute Gasteiger partial charge is 0.123 e. The van der Waals surface area contributed by atoms with Gasteiger partial charge in [-0.05, 0) is 56.4 Å². The van der Waals surface area contributed by atoms with Crippen molar-refractivity contribution in [3.63, 3.8) is 0 Å². The monoisotopic (exact) mass is 250 g/mol. The molecule has 1 aliphatic heterocycles. The van der Waals surface area contributed by atoms with Crippen molar-refractivity contribution in [2.24, 2.45) is 11.7 Å². The molecule has 1 saturated heterocycles. The first kappa shape index (κ1) is 13.3. The third kappa shape index (κ3) is 2.66. The Hall–Kier alpha value is -1.09. The number of nitrogens with two attached hydrogens (primary N) is 1. The van der Waals surface area contributed by atoms with Gasteiger partial charge >= 0.3 is 0 Å². The molecule has 0 bridgehead atoms. The van der Waals surface area contributed by atoms with E-state index in [-0.39, 0.29) is 11.9 Å². The molecule has 18 heavy (non-hydrogen) atoms. The zero-order chi connectivity index (χ0) is 13.3. The quantitative estimate of drug-likeness (QED) is 0.871. The Kier molecular flexibility index (Phi) is 3.91. The Balaban J connectivity index is 2.36. The zero-order valence-electron chi connectivity index (χ0n) is 11.5. The van der Waals surface area contributed by atoms with Crippen molar-refractivity contribution >= 4 is 5.69 Å². The van der Waals surface area contributed by atoms with E-state index in [1.165, 1.54) is 18.9 Å². The summed E-state index contributed by atoms with van der Waals surface area (Å²) >= 11 is 0. The second kappa shape index (κ2) is 5.27. The number of nitrogens with zero attached hydrogens (tertiary/aromatic N) is 1. The van der Waals surface area contributed by atoms with E-state index in [0.717, 1.165) is 17.8 Å². The maximum absolute atomic E-state index is 13.4. The van der Waals surface area contributed by atoms with Gasteiger partial charge in [0.15, 0.2) is 0 Å². The number of piperidine rings is 1. The van der Waals surface area contributed by atoms with Gasteiger partial charge in [0.2, 0.25) is 0 Å². The highest BCUT2D eigenvalue weighted by molar-refractivity contribution is 5.56. The molecule has 3 unspecified atom stereocenters. The molecule has 0 saturated carbocycles. The van der Waals surface area contributed by atoms with Gasteiger partial charge in [-0.3, -0.25) is 0 Å². The summed E-state index contributed by atoms with van der Waals surface area (Å²) in [5, 5.41) is 0. The summed E-state index contributed by atoms with van der Waals surface area (Å²) in [6.07, 6.45) is 2.46. The van der Waals surface area contributed by atoms with Crippen LogP contribution in [0.5, 0.6) is 0 Å². The lowest BCUT2D eigenvalue weighted by Crippen LogP contribution is -2.41. The summed E-state index contributed by atoms with van der Waals surface area (Å²) in [4.78, 5) is 2.38. The van der Waals surface area contributed by atoms with Gasteiger partial charge in [-0.2, -0.15) is 0 Å². The van der Waals surface area contributed by atoms with E-state index >= 15 is 0 Å². The molecule has 1 aromatic rings. The first-order valence-corrected chi connectivity index (χ1v) is 6.80. The molecule has 3 atom stereocenters. The van der Waals surface area contributed by atoms with Crippen molar-refractivity contribution in [2.45, 2.75) is 45.7 Å². The maximum atomic E-state index is 13.4. The Morgan fingerprint density at radius 3 is 2.72 bits per heavy atom. The molecule has 3 heteroatoms. The number of hydrogen-bond donors (Lipinski definition) is 1. The summed E-state index contributed by atoms with van der Waals surface area (Å²) in [5.74, 6) is 0.482. The Morgan fingerprint density at radius 2 is 2.06 bits per heavy atom. The number of anilines is 1. The number of hydrogen-bond acceptors (Lipinski definition) is 2.